The number of sulfonamides is 1. The second-order valence-electron chi connectivity index (χ2n) is 5.21. The van der Waals surface area contributed by atoms with Crippen molar-refractivity contribution < 1.29 is 13.2 Å². The van der Waals surface area contributed by atoms with Crippen molar-refractivity contribution in [1.29, 1.82) is 0 Å². The van der Waals surface area contributed by atoms with Crippen molar-refractivity contribution in [1.82, 2.24) is 0 Å². The molecule has 0 atom stereocenters. The average molecular weight is 374 g/mol. The molecule has 0 heterocycles. The molecule has 1 N–H and O–H groups in total. The van der Waals surface area contributed by atoms with E-state index in [0.29, 0.717) is 27.6 Å². The molecule has 124 valence electrons. The molecule has 0 amide bonds. The highest BCUT2D eigenvalue weighted by atomic mass is 35.5. The molecule has 0 aliphatic rings. The second-order valence-corrected chi connectivity index (χ2v) is 7.64. The molecule has 0 spiro atoms. The van der Waals surface area contributed by atoms with Crippen molar-refractivity contribution in [3.63, 3.8) is 0 Å². The van der Waals surface area contributed by atoms with Gasteiger partial charge in [0.2, 0.25) is 0 Å². The lowest BCUT2D eigenvalue weighted by Gasteiger charge is -2.17. The number of rotatable bonds is 4. The van der Waals surface area contributed by atoms with E-state index >= 15 is 0 Å². The van der Waals surface area contributed by atoms with Gasteiger partial charge in [0, 0.05) is 0 Å². The molecule has 4 nitrogen and oxygen atoms in total. The van der Waals surface area contributed by atoms with Gasteiger partial charge in [0.25, 0.3) is 10.0 Å². The lowest BCUT2D eigenvalue weighted by Crippen LogP contribution is -2.16. The normalized spacial score (nSPS) is 11.4. The summed E-state index contributed by atoms with van der Waals surface area (Å²) in [6, 6.07) is 6.29. The van der Waals surface area contributed by atoms with Gasteiger partial charge in [-0.1, -0.05) is 23.2 Å². The molecular weight excluding hydrogens is 357 g/mol. The van der Waals surface area contributed by atoms with Crippen LogP contribution in [0.25, 0.3) is 0 Å². The summed E-state index contributed by atoms with van der Waals surface area (Å²) in [7, 11) is -2.20. The van der Waals surface area contributed by atoms with Crippen LogP contribution in [-0.4, -0.2) is 15.5 Å². The highest BCUT2D eigenvalue weighted by molar-refractivity contribution is 7.92. The third-order valence-electron chi connectivity index (χ3n) is 3.64. The third-order valence-corrected chi connectivity index (χ3v) is 6.05. The van der Waals surface area contributed by atoms with Gasteiger partial charge in [-0.05, 0) is 61.7 Å². The fraction of sp³-hybridized carbons (Fsp3) is 0.250. The average Bonchev–Trinajstić information content (AvgIpc) is 2.46. The number of anilines is 1. The van der Waals surface area contributed by atoms with E-state index in [4.69, 9.17) is 27.9 Å². The molecule has 23 heavy (non-hydrogen) atoms. The number of hydrogen-bond acceptors (Lipinski definition) is 3. The van der Waals surface area contributed by atoms with E-state index in [0.717, 1.165) is 5.56 Å². The Balaban J connectivity index is 2.52. The topological polar surface area (TPSA) is 55.4 Å². The first-order valence-corrected chi connectivity index (χ1v) is 9.04. The van der Waals surface area contributed by atoms with E-state index in [1.807, 2.05) is 6.92 Å². The van der Waals surface area contributed by atoms with Crippen LogP contribution in [0.3, 0.4) is 0 Å². The maximum absolute atomic E-state index is 12.8. The number of nitrogens with one attached hydrogen (secondary N) is 1. The van der Waals surface area contributed by atoms with Gasteiger partial charge in [-0.15, -0.1) is 0 Å². The zero-order chi connectivity index (χ0) is 17.4. The third kappa shape index (κ3) is 3.57. The van der Waals surface area contributed by atoms with Crippen LogP contribution < -0.4 is 9.46 Å². The minimum Gasteiger partial charge on any atom is -0.496 e. The molecule has 0 aliphatic carbocycles. The van der Waals surface area contributed by atoms with E-state index in [9.17, 15) is 8.42 Å². The summed E-state index contributed by atoms with van der Waals surface area (Å²) in [4.78, 5) is 0.238. The van der Waals surface area contributed by atoms with Crippen LogP contribution in [0.1, 0.15) is 16.7 Å². The number of ether oxygens (including phenoxy) is 1. The van der Waals surface area contributed by atoms with Crippen molar-refractivity contribution in [2.24, 2.45) is 0 Å². The van der Waals surface area contributed by atoms with Crippen molar-refractivity contribution in [2.75, 3.05) is 11.8 Å². The summed E-state index contributed by atoms with van der Waals surface area (Å²) in [5.74, 6) is 0.661. The molecule has 0 saturated heterocycles. The Bertz CT molecular complexity index is 864. The molecule has 2 rings (SSSR count). The van der Waals surface area contributed by atoms with Crippen LogP contribution in [0, 0.1) is 20.8 Å². The Hall–Kier alpha value is -1.43. The first-order chi connectivity index (χ1) is 10.7. The van der Waals surface area contributed by atoms with E-state index in [1.165, 1.54) is 6.07 Å². The predicted octanol–water partition coefficient (Wildman–Crippen LogP) is 4.73. The largest absolute Gasteiger partial charge is 0.496 e. The molecular formula is C16H17Cl2NO3S. The fourth-order valence-electron chi connectivity index (χ4n) is 2.41. The van der Waals surface area contributed by atoms with Gasteiger partial charge >= 0.3 is 0 Å². The standard InChI is InChI=1S/C16H17Cl2NO3S/c1-9-7-15(22-4)10(2)11(3)16(9)23(20,21)19-12-5-6-13(17)14(18)8-12/h5-8,19H,1-4H3. The van der Waals surface area contributed by atoms with Gasteiger partial charge in [-0.2, -0.15) is 0 Å². The molecule has 0 fully saturated rings. The lowest BCUT2D eigenvalue weighted by molar-refractivity contribution is 0.410. The van der Waals surface area contributed by atoms with Gasteiger partial charge in [0.15, 0.2) is 0 Å². The Morgan fingerprint density at radius 3 is 2.22 bits per heavy atom. The fourth-order valence-corrected chi connectivity index (χ4v) is 4.29. The van der Waals surface area contributed by atoms with E-state index in [2.05, 4.69) is 4.72 Å². The second kappa shape index (κ2) is 6.59. The molecule has 7 heteroatoms. The van der Waals surface area contributed by atoms with E-state index < -0.39 is 10.0 Å². The molecule has 0 saturated carbocycles. The molecule has 0 bridgehead atoms. The summed E-state index contributed by atoms with van der Waals surface area (Å²) in [5.41, 5.74) is 2.39. The first kappa shape index (κ1) is 17.9. The Labute approximate surface area is 146 Å². The predicted molar refractivity (Wildman–Crippen MR) is 94.5 cm³/mol. The van der Waals surface area contributed by atoms with Crippen molar-refractivity contribution in [3.8, 4) is 5.75 Å². The van der Waals surface area contributed by atoms with Crippen LogP contribution in [-0.2, 0) is 10.0 Å². The van der Waals surface area contributed by atoms with Crippen LogP contribution >= 0.6 is 23.2 Å². The van der Waals surface area contributed by atoms with Crippen molar-refractivity contribution in [3.05, 3.63) is 51.0 Å². The first-order valence-electron chi connectivity index (χ1n) is 6.80. The summed E-state index contributed by atoms with van der Waals surface area (Å²) >= 11 is 11.8. The smallest absolute Gasteiger partial charge is 0.262 e. The Morgan fingerprint density at radius 2 is 1.65 bits per heavy atom. The van der Waals surface area contributed by atoms with Gasteiger partial charge in [0.05, 0.1) is 27.7 Å². The van der Waals surface area contributed by atoms with Gasteiger partial charge in [0.1, 0.15) is 5.75 Å². The summed E-state index contributed by atoms with van der Waals surface area (Å²) in [6.07, 6.45) is 0. The number of aryl methyl sites for hydroxylation is 1. The summed E-state index contributed by atoms with van der Waals surface area (Å²) in [5, 5.41) is 0.647. The van der Waals surface area contributed by atoms with Crippen LogP contribution in [0.2, 0.25) is 10.0 Å². The van der Waals surface area contributed by atoms with E-state index in [1.54, 1.807) is 39.2 Å². The monoisotopic (exact) mass is 373 g/mol. The van der Waals surface area contributed by atoms with Gasteiger partial charge < -0.3 is 4.74 Å². The van der Waals surface area contributed by atoms with Crippen LogP contribution in [0.5, 0.6) is 5.75 Å². The quantitative estimate of drug-likeness (QED) is 0.842. The molecule has 0 aliphatic heterocycles. The summed E-state index contributed by atoms with van der Waals surface area (Å²) in [6.45, 7) is 5.32. The molecule has 0 radical (unpaired) electrons. The zero-order valence-electron chi connectivity index (χ0n) is 13.2. The van der Waals surface area contributed by atoms with Gasteiger partial charge in [-0.25, -0.2) is 8.42 Å². The molecule has 2 aromatic rings. The van der Waals surface area contributed by atoms with Crippen molar-refractivity contribution >= 4 is 38.9 Å². The van der Waals surface area contributed by atoms with Crippen LogP contribution in [0.4, 0.5) is 5.69 Å². The van der Waals surface area contributed by atoms with Gasteiger partial charge in [-0.3, -0.25) is 4.72 Å². The summed E-state index contributed by atoms with van der Waals surface area (Å²) < 4.78 is 33.3. The number of halogens is 2. The number of methoxy groups -OCH3 is 1. The molecule has 2 aromatic carbocycles. The minimum absolute atomic E-state index is 0.238. The Morgan fingerprint density at radius 1 is 1.00 bits per heavy atom. The van der Waals surface area contributed by atoms with Crippen LogP contribution in [0.15, 0.2) is 29.2 Å². The highest BCUT2D eigenvalue weighted by Gasteiger charge is 2.23. The zero-order valence-corrected chi connectivity index (χ0v) is 15.5. The number of benzene rings is 2. The minimum atomic E-state index is -3.76. The van der Waals surface area contributed by atoms with E-state index in [-0.39, 0.29) is 9.92 Å². The maximum Gasteiger partial charge on any atom is 0.262 e. The van der Waals surface area contributed by atoms with Crippen molar-refractivity contribution in [2.45, 2.75) is 25.7 Å². The highest BCUT2D eigenvalue weighted by Crippen LogP contribution is 2.32. The molecule has 0 aromatic heterocycles. The lowest BCUT2D eigenvalue weighted by atomic mass is 10.1. The molecule has 0 unspecified atom stereocenters. The maximum atomic E-state index is 12.8. The SMILES string of the molecule is COc1cc(C)c(S(=O)(=O)Nc2ccc(Cl)c(Cl)c2)c(C)c1C. The Kier molecular flexibility index (Phi) is 5.14. The number of hydrogen-bond donors (Lipinski definition) is 1.